The standard InChI is InChI=1S/C14H28.C3H6O.2C2H6/c1-5-8-14(9-6-12(2)3)10-7-13(4)11-14;1-3(2)4;2*1-2/h12-13H,5-11H2,1-4H3;1-2H3;2*1-2H3. The average Bonchev–Trinajstić information content (AvgIpc) is 2.83. The molecule has 1 nitrogen and oxygen atoms in total. The highest BCUT2D eigenvalue weighted by molar-refractivity contribution is 5.72. The molecule has 1 saturated carbocycles. The molecular weight excluding hydrogens is 268 g/mol. The molecule has 0 N–H and O–H groups in total. The summed E-state index contributed by atoms with van der Waals surface area (Å²) in [5, 5.41) is 0. The molecule has 1 fully saturated rings. The van der Waals surface area contributed by atoms with Crippen molar-refractivity contribution in [2.45, 2.75) is 114 Å². The van der Waals surface area contributed by atoms with Crippen molar-refractivity contribution in [3.05, 3.63) is 0 Å². The molecule has 22 heavy (non-hydrogen) atoms. The molecular formula is C21H46O. The summed E-state index contributed by atoms with van der Waals surface area (Å²) in [5.74, 6) is 2.05. The summed E-state index contributed by atoms with van der Waals surface area (Å²) in [6, 6.07) is 0. The van der Waals surface area contributed by atoms with E-state index in [9.17, 15) is 4.79 Å². The van der Waals surface area contributed by atoms with E-state index >= 15 is 0 Å². The van der Waals surface area contributed by atoms with Crippen LogP contribution in [0.5, 0.6) is 0 Å². The monoisotopic (exact) mass is 314 g/mol. The van der Waals surface area contributed by atoms with E-state index in [1.54, 1.807) is 0 Å². The summed E-state index contributed by atoms with van der Waals surface area (Å²) in [6.07, 6.45) is 10.3. The van der Waals surface area contributed by atoms with Gasteiger partial charge in [-0.2, -0.15) is 0 Å². The lowest BCUT2D eigenvalue weighted by Crippen LogP contribution is -2.17. The van der Waals surface area contributed by atoms with Gasteiger partial charge in [0.05, 0.1) is 0 Å². The van der Waals surface area contributed by atoms with Crippen LogP contribution in [-0.4, -0.2) is 5.78 Å². The number of ketones is 1. The number of hydrogen-bond donors (Lipinski definition) is 0. The summed E-state index contributed by atoms with van der Waals surface area (Å²) < 4.78 is 0. The van der Waals surface area contributed by atoms with Crippen LogP contribution in [0.25, 0.3) is 0 Å². The molecule has 0 bridgehead atoms. The van der Waals surface area contributed by atoms with Crippen LogP contribution in [0.4, 0.5) is 0 Å². The minimum atomic E-state index is 0.167. The molecule has 1 heteroatoms. The third kappa shape index (κ3) is 16.0. The van der Waals surface area contributed by atoms with Gasteiger partial charge in [0, 0.05) is 0 Å². The maximum atomic E-state index is 9.44. The zero-order valence-electron chi connectivity index (χ0n) is 17.5. The second kappa shape index (κ2) is 17.0. The third-order valence-corrected chi connectivity index (χ3v) is 3.98. The number of carbonyl (C=O) groups excluding carboxylic acids is 1. The fraction of sp³-hybridized carbons (Fsp3) is 0.952. The normalized spacial score (nSPS) is 22.6. The van der Waals surface area contributed by atoms with Gasteiger partial charge in [-0.05, 0) is 56.8 Å². The number of hydrogen-bond acceptors (Lipinski definition) is 1. The summed E-state index contributed by atoms with van der Waals surface area (Å²) in [6.45, 7) is 20.6. The van der Waals surface area contributed by atoms with Crippen molar-refractivity contribution >= 4 is 5.78 Å². The molecule has 0 radical (unpaired) electrons. The number of carbonyl (C=O) groups is 1. The molecule has 2 unspecified atom stereocenters. The van der Waals surface area contributed by atoms with Gasteiger partial charge in [-0.15, -0.1) is 0 Å². The number of Topliss-reactive ketones (excluding diaryl/α,β-unsaturated/α-hetero) is 1. The minimum Gasteiger partial charge on any atom is -0.300 e. The van der Waals surface area contributed by atoms with Gasteiger partial charge in [0.1, 0.15) is 5.78 Å². The van der Waals surface area contributed by atoms with Gasteiger partial charge < -0.3 is 4.79 Å². The molecule has 0 aromatic carbocycles. The Morgan fingerprint density at radius 3 is 1.82 bits per heavy atom. The summed E-state index contributed by atoms with van der Waals surface area (Å²) in [4.78, 5) is 9.44. The lowest BCUT2D eigenvalue weighted by molar-refractivity contribution is -0.114. The van der Waals surface area contributed by atoms with Gasteiger partial charge in [-0.3, -0.25) is 0 Å². The van der Waals surface area contributed by atoms with Gasteiger partial charge in [-0.1, -0.05) is 74.7 Å². The third-order valence-electron chi connectivity index (χ3n) is 3.98. The second-order valence-corrected chi connectivity index (χ2v) is 6.94. The van der Waals surface area contributed by atoms with Gasteiger partial charge in [-0.25, -0.2) is 0 Å². The van der Waals surface area contributed by atoms with Gasteiger partial charge in [0.25, 0.3) is 0 Å². The van der Waals surface area contributed by atoms with E-state index in [4.69, 9.17) is 0 Å². The molecule has 0 spiro atoms. The van der Waals surface area contributed by atoms with Gasteiger partial charge in [0.15, 0.2) is 0 Å². The number of rotatable bonds is 5. The molecule has 2 atom stereocenters. The van der Waals surface area contributed by atoms with Crippen LogP contribution in [-0.2, 0) is 4.79 Å². The fourth-order valence-corrected chi connectivity index (χ4v) is 3.20. The van der Waals surface area contributed by atoms with E-state index in [1.807, 2.05) is 27.7 Å². The van der Waals surface area contributed by atoms with E-state index in [0.29, 0.717) is 0 Å². The van der Waals surface area contributed by atoms with Crippen LogP contribution in [0.3, 0.4) is 0 Å². The van der Waals surface area contributed by atoms with Crippen LogP contribution >= 0.6 is 0 Å². The maximum Gasteiger partial charge on any atom is 0.126 e. The van der Waals surface area contributed by atoms with Crippen LogP contribution < -0.4 is 0 Å². The SMILES string of the molecule is CC.CC.CC(C)=O.CCCC1(CCC(C)C)CCC(C)C1. The molecule has 0 heterocycles. The second-order valence-electron chi connectivity index (χ2n) is 6.94. The first-order valence-electron chi connectivity index (χ1n) is 9.78. The first-order chi connectivity index (χ1) is 10.3. The van der Waals surface area contributed by atoms with Crippen molar-refractivity contribution in [3.8, 4) is 0 Å². The molecule has 0 saturated heterocycles. The Morgan fingerprint density at radius 2 is 1.55 bits per heavy atom. The highest BCUT2D eigenvalue weighted by Gasteiger charge is 2.35. The van der Waals surface area contributed by atoms with Crippen LogP contribution in [0, 0.1) is 17.3 Å². The first-order valence-corrected chi connectivity index (χ1v) is 9.78. The van der Waals surface area contributed by atoms with Crippen LogP contribution in [0.1, 0.15) is 114 Å². The Labute approximate surface area is 142 Å². The smallest absolute Gasteiger partial charge is 0.126 e. The summed E-state index contributed by atoms with van der Waals surface area (Å²) in [5.41, 5.74) is 0.748. The summed E-state index contributed by atoms with van der Waals surface area (Å²) >= 11 is 0. The van der Waals surface area contributed by atoms with Crippen LogP contribution in [0.15, 0.2) is 0 Å². The zero-order chi connectivity index (χ0) is 18.2. The van der Waals surface area contributed by atoms with Crippen LogP contribution in [0.2, 0.25) is 0 Å². The Balaban J connectivity index is -0.000000383. The van der Waals surface area contributed by atoms with E-state index in [2.05, 4.69) is 27.7 Å². The minimum absolute atomic E-state index is 0.167. The van der Waals surface area contributed by atoms with Crippen molar-refractivity contribution in [3.63, 3.8) is 0 Å². The Morgan fingerprint density at radius 1 is 1.09 bits per heavy atom. The van der Waals surface area contributed by atoms with Gasteiger partial charge in [0.2, 0.25) is 0 Å². The van der Waals surface area contributed by atoms with Crippen molar-refractivity contribution in [1.29, 1.82) is 0 Å². The largest absolute Gasteiger partial charge is 0.300 e. The molecule has 0 amide bonds. The van der Waals surface area contributed by atoms with Crippen molar-refractivity contribution in [2.24, 2.45) is 17.3 Å². The van der Waals surface area contributed by atoms with Crippen molar-refractivity contribution in [2.75, 3.05) is 0 Å². The quantitative estimate of drug-likeness (QED) is 0.508. The zero-order valence-corrected chi connectivity index (χ0v) is 17.5. The predicted molar refractivity (Wildman–Crippen MR) is 103 cm³/mol. The average molecular weight is 315 g/mol. The van der Waals surface area contributed by atoms with E-state index in [1.165, 1.54) is 58.8 Å². The molecule has 0 aromatic rings. The molecule has 0 aromatic heterocycles. The molecule has 1 aliphatic carbocycles. The van der Waals surface area contributed by atoms with Gasteiger partial charge >= 0.3 is 0 Å². The topological polar surface area (TPSA) is 17.1 Å². The van der Waals surface area contributed by atoms with Crippen molar-refractivity contribution < 1.29 is 4.79 Å². The fourth-order valence-electron chi connectivity index (χ4n) is 3.20. The highest BCUT2D eigenvalue weighted by Crippen LogP contribution is 2.48. The first kappa shape index (κ1) is 26.6. The lowest BCUT2D eigenvalue weighted by atomic mass is 9.76. The van der Waals surface area contributed by atoms with E-state index in [0.717, 1.165) is 17.3 Å². The molecule has 136 valence electrons. The molecule has 1 rings (SSSR count). The Bertz CT molecular complexity index is 224. The molecule has 1 aliphatic rings. The Kier molecular flexibility index (Phi) is 20.6. The predicted octanol–water partition coefficient (Wildman–Crippen LogP) is 7.68. The molecule has 0 aliphatic heterocycles. The summed E-state index contributed by atoms with van der Waals surface area (Å²) in [7, 11) is 0. The van der Waals surface area contributed by atoms with E-state index < -0.39 is 0 Å². The highest BCUT2D eigenvalue weighted by atomic mass is 16.1. The Hall–Kier alpha value is -0.330. The van der Waals surface area contributed by atoms with E-state index in [-0.39, 0.29) is 5.78 Å². The van der Waals surface area contributed by atoms with Crippen molar-refractivity contribution in [1.82, 2.24) is 0 Å². The maximum absolute atomic E-state index is 9.44. The lowest BCUT2D eigenvalue weighted by Gasteiger charge is -2.30.